The lowest BCUT2D eigenvalue weighted by molar-refractivity contribution is -0.141. The molecule has 76 valence electrons. The summed E-state index contributed by atoms with van der Waals surface area (Å²) >= 11 is 5.74. The summed E-state index contributed by atoms with van der Waals surface area (Å²) in [6.07, 6.45) is 0. The van der Waals surface area contributed by atoms with Gasteiger partial charge in [-0.15, -0.1) is 0 Å². The molecule has 0 saturated carbocycles. The van der Waals surface area contributed by atoms with Crippen LogP contribution in [0.1, 0.15) is 25.3 Å². The van der Waals surface area contributed by atoms with E-state index in [0.29, 0.717) is 5.02 Å². The second-order valence-electron chi connectivity index (χ2n) is 3.47. The zero-order valence-electron chi connectivity index (χ0n) is 8.20. The fraction of sp³-hybridized carbons (Fsp3) is 0.364. The van der Waals surface area contributed by atoms with E-state index in [1.807, 2.05) is 19.1 Å². The SMILES string of the molecule is CC(C(=O)O)C(C)c1ccc(Cl)cc1. The minimum atomic E-state index is -0.771. The lowest BCUT2D eigenvalue weighted by Crippen LogP contribution is -2.16. The summed E-state index contributed by atoms with van der Waals surface area (Å²) < 4.78 is 0. The van der Waals surface area contributed by atoms with E-state index in [0.717, 1.165) is 5.56 Å². The van der Waals surface area contributed by atoms with Gasteiger partial charge in [0, 0.05) is 5.02 Å². The van der Waals surface area contributed by atoms with Gasteiger partial charge in [0.25, 0.3) is 0 Å². The first-order valence-corrected chi connectivity index (χ1v) is 4.88. The topological polar surface area (TPSA) is 37.3 Å². The van der Waals surface area contributed by atoms with Crippen molar-refractivity contribution in [3.63, 3.8) is 0 Å². The lowest BCUT2D eigenvalue weighted by Gasteiger charge is -2.16. The van der Waals surface area contributed by atoms with Gasteiger partial charge in [0.15, 0.2) is 0 Å². The molecule has 1 rings (SSSR count). The fourth-order valence-electron chi connectivity index (χ4n) is 1.27. The van der Waals surface area contributed by atoms with Crippen LogP contribution in [0.2, 0.25) is 5.02 Å². The van der Waals surface area contributed by atoms with Crippen LogP contribution in [0, 0.1) is 5.92 Å². The predicted molar refractivity (Wildman–Crippen MR) is 56.7 cm³/mol. The molecule has 0 aromatic heterocycles. The predicted octanol–water partition coefficient (Wildman–Crippen LogP) is 3.16. The van der Waals surface area contributed by atoms with Gasteiger partial charge >= 0.3 is 5.97 Å². The van der Waals surface area contributed by atoms with Crippen molar-refractivity contribution in [1.82, 2.24) is 0 Å². The zero-order valence-corrected chi connectivity index (χ0v) is 8.95. The molecular formula is C11H13ClO2. The molecule has 0 spiro atoms. The molecule has 0 aliphatic heterocycles. The van der Waals surface area contributed by atoms with Crippen molar-refractivity contribution in [1.29, 1.82) is 0 Å². The highest BCUT2D eigenvalue weighted by Crippen LogP contribution is 2.25. The van der Waals surface area contributed by atoms with Gasteiger partial charge in [-0.25, -0.2) is 0 Å². The van der Waals surface area contributed by atoms with E-state index < -0.39 is 5.97 Å². The Labute approximate surface area is 88.5 Å². The highest BCUT2D eigenvalue weighted by molar-refractivity contribution is 6.30. The normalized spacial score (nSPS) is 14.8. The first-order chi connectivity index (χ1) is 6.52. The van der Waals surface area contributed by atoms with Crippen LogP contribution >= 0.6 is 11.6 Å². The largest absolute Gasteiger partial charge is 0.481 e. The number of carboxylic acid groups (broad SMARTS) is 1. The van der Waals surface area contributed by atoms with Crippen LogP contribution in [0.5, 0.6) is 0 Å². The van der Waals surface area contributed by atoms with Crippen LogP contribution in [0.3, 0.4) is 0 Å². The molecule has 0 saturated heterocycles. The van der Waals surface area contributed by atoms with Gasteiger partial charge in [-0.3, -0.25) is 4.79 Å². The molecular weight excluding hydrogens is 200 g/mol. The van der Waals surface area contributed by atoms with Crippen LogP contribution in [-0.4, -0.2) is 11.1 Å². The molecule has 0 aliphatic rings. The van der Waals surface area contributed by atoms with Crippen LogP contribution in [0.25, 0.3) is 0 Å². The van der Waals surface area contributed by atoms with E-state index in [1.54, 1.807) is 19.1 Å². The molecule has 0 bridgehead atoms. The highest BCUT2D eigenvalue weighted by atomic mass is 35.5. The Balaban J connectivity index is 2.84. The molecule has 0 radical (unpaired) electrons. The molecule has 0 heterocycles. The second-order valence-corrected chi connectivity index (χ2v) is 3.90. The first-order valence-electron chi connectivity index (χ1n) is 4.50. The van der Waals surface area contributed by atoms with Gasteiger partial charge < -0.3 is 5.11 Å². The van der Waals surface area contributed by atoms with E-state index in [9.17, 15) is 4.79 Å². The number of hydrogen-bond donors (Lipinski definition) is 1. The maximum Gasteiger partial charge on any atom is 0.306 e. The van der Waals surface area contributed by atoms with E-state index in [-0.39, 0.29) is 11.8 Å². The Bertz CT molecular complexity index is 319. The molecule has 2 unspecified atom stereocenters. The van der Waals surface area contributed by atoms with E-state index >= 15 is 0 Å². The molecule has 1 N–H and O–H groups in total. The van der Waals surface area contributed by atoms with Gasteiger partial charge in [-0.1, -0.05) is 37.6 Å². The molecule has 1 aromatic rings. The zero-order chi connectivity index (χ0) is 10.7. The number of halogens is 1. The third-order valence-corrected chi connectivity index (χ3v) is 2.79. The van der Waals surface area contributed by atoms with Crippen molar-refractivity contribution in [3.8, 4) is 0 Å². The van der Waals surface area contributed by atoms with Gasteiger partial charge in [0.1, 0.15) is 0 Å². The Kier molecular flexibility index (Phi) is 3.53. The van der Waals surface area contributed by atoms with Gasteiger partial charge in [-0.2, -0.15) is 0 Å². The maximum absolute atomic E-state index is 10.8. The molecule has 2 nitrogen and oxygen atoms in total. The van der Waals surface area contributed by atoms with Crippen molar-refractivity contribution >= 4 is 17.6 Å². The fourth-order valence-corrected chi connectivity index (χ4v) is 1.39. The lowest BCUT2D eigenvalue weighted by atomic mass is 9.89. The Hall–Kier alpha value is -1.02. The summed E-state index contributed by atoms with van der Waals surface area (Å²) in [6, 6.07) is 7.29. The minimum Gasteiger partial charge on any atom is -0.481 e. The molecule has 3 heteroatoms. The first kappa shape index (κ1) is 11.1. The van der Waals surface area contributed by atoms with E-state index in [1.165, 1.54) is 0 Å². The molecule has 1 aromatic carbocycles. The minimum absolute atomic E-state index is 0.00441. The number of rotatable bonds is 3. The summed E-state index contributed by atoms with van der Waals surface area (Å²) in [5.41, 5.74) is 1.00. The molecule has 2 atom stereocenters. The monoisotopic (exact) mass is 212 g/mol. The van der Waals surface area contributed by atoms with Crippen molar-refractivity contribution in [2.75, 3.05) is 0 Å². The average Bonchev–Trinajstić information content (AvgIpc) is 2.16. The molecule has 14 heavy (non-hydrogen) atoms. The summed E-state index contributed by atoms with van der Waals surface area (Å²) in [6.45, 7) is 3.61. The smallest absolute Gasteiger partial charge is 0.306 e. The highest BCUT2D eigenvalue weighted by Gasteiger charge is 2.20. The third kappa shape index (κ3) is 2.48. The van der Waals surface area contributed by atoms with Crippen molar-refractivity contribution < 1.29 is 9.90 Å². The van der Waals surface area contributed by atoms with E-state index in [4.69, 9.17) is 16.7 Å². The van der Waals surface area contributed by atoms with Gasteiger partial charge in [-0.05, 0) is 23.6 Å². The van der Waals surface area contributed by atoms with Crippen LogP contribution in [0.15, 0.2) is 24.3 Å². The maximum atomic E-state index is 10.8. The molecule has 0 aliphatic carbocycles. The molecule has 0 fully saturated rings. The van der Waals surface area contributed by atoms with Crippen molar-refractivity contribution in [2.24, 2.45) is 5.92 Å². The van der Waals surface area contributed by atoms with Gasteiger partial charge in [0.05, 0.1) is 5.92 Å². The van der Waals surface area contributed by atoms with Crippen LogP contribution < -0.4 is 0 Å². The Morgan fingerprint density at radius 2 is 1.79 bits per heavy atom. The quantitative estimate of drug-likeness (QED) is 0.836. The van der Waals surface area contributed by atoms with Crippen molar-refractivity contribution in [3.05, 3.63) is 34.9 Å². The number of carboxylic acids is 1. The Morgan fingerprint density at radius 3 is 2.21 bits per heavy atom. The summed E-state index contributed by atoms with van der Waals surface area (Å²) in [5.74, 6) is -1.15. The average molecular weight is 213 g/mol. The van der Waals surface area contributed by atoms with Crippen LogP contribution in [0.4, 0.5) is 0 Å². The summed E-state index contributed by atoms with van der Waals surface area (Å²) in [5, 5.41) is 9.51. The molecule has 0 amide bonds. The van der Waals surface area contributed by atoms with Crippen LogP contribution in [-0.2, 0) is 4.79 Å². The van der Waals surface area contributed by atoms with E-state index in [2.05, 4.69) is 0 Å². The number of carbonyl (C=O) groups is 1. The van der Waals surface area contributed by atoms with Gasteiger partial charge in [0.2, 0.25) is 0 Å². The van der Waals surface area contributed by atoms with Crippen molar-refractivity contribution in [2.45, 2.75) is 19.8 Å². The second kappa shape index (κ2) is 4.47. The third-order valence-electron chi connectivity index (χ3n) is 2.54. The standard InChI is InChI=1S/C11H13ClO2/c1-7(8(2)11(13)14)9-3-5-10(12)6-4-9/h3-8H,1-2H3,(H,13,14). The number of hydrogen-bond acceptors (Lipinski definition) is 1. The summed E-state index contributed by atoms with van der Waals surface area (Å²) in [7, 11) is 0. The number of aliphatic carboxylic acids is 1. The Morgan fingerprint density at radius 1 is 1.29 bits per heavy atom. The number of benzene rings is 1. The summed E-state index contributed by atoms with van der Waals surface area (Å²) in [4.78, 5) is 10.8.